The topological polar surface area (TPSA) is 69.7 Å². The molecule has 0 saturated carbocycles. The molecule has 0 bridgehead atoms. The van der Waals surface area contributed by atoms with E-state index in [2.05, 4.69) is 10.3 Å². The second-order valence-corrected chi connectivity index (χ2v) is 7.55. The second kappa shape index (κ2) is 9.07. The van der Waals surface area contributed by atoms with Crippen molar-refractivity contribution in [3.05, 3.63) is 59.5 Å². The molecule has 1 aliphatic rings. The minimum atomic E-state index is -0.219. The van der Waals surface area contributed by atoms with Crippen LogP contribution in [0.3, 0.4) is 0 Å². The summed E-state index contributed by atoms with van der Waals surface area (Å²) in [6, 6.07) is 14.8. The lowest BCUT2D eigenvalue weighted by Gasteiger charge is -2.12. The molecular formula is C22H22N2O4S. The van der Waals surface area contributed by atoms with Crippen molar-refractivity contribution in [1.82, 2.24) is 4.98 Å². The number of hydrogen-bond donors (Lipinski definition) is 1. The van der Waals surface area contributed by atoms with Gasteiger partial charge in [0.15, 0.2) is 5.13 Å². The summed E-state index contributed by atoms with van der Waals surface area (Å²) in [6.45, 7) is 1.30. The Morgan fingerprint density at radius 1 is 1.24 bits per heavy atom. The molecule has 1 unspecified atom stereocenters. The van der Waals surface area contributed by atoms with E-state index in [9.17, 15) is 4.79 Å². The van der Waals surface area contributed by atoms with Gasteiger partial charge >= 0.3 is 0 Å². The first-order valence-electron chi connectivity index (χ1n) is 9.47. The smallest absolute Gasteiger partial charge is 0.257 e. The van der Waals surface area contributed by atoms with E-state index in [1.807, 2.05) is 41.8 Å². The fourth-order valence-electron chi connectivity index (χ4n) is 3.09. The molecule has 1 saturated heterocycles. The van der Waals surface area contributed by atoms with Crippen LogP contribution in [-0.4, -0.2) is 37.3 Å². The molecule has 7 heteroatoms. The number of rotatable bonds is 7. The highest BCUT2D eigenvalue weighted by Gasteiger charge is 2.16. The summed E-state index contributed by atoms with van der Waals surface area (Å²) in [5.74, 6) is 1.23. The van der Waals surface area contributed by atoms with Crippen LogP contribution in [0, 0.1) is 0 Å². The van der Waals surface area contributed by atoms with E-state index in [1.165, 1.54) is 11.3 Å². The molecule has 1 amide bonds. The van der Waals surface area contributed by atoms with Gasteiger partial charge < -0.3 is 14.2 Å². The van der Waals surface area contributed by atoms with Crippen LogP contribution in [0.25, 0.3) is 11.3 Å². The zero-order valence-electron chi connectivity index (χ0n) is 16.1. The molecule has 3 aromatic rings. The first-order valence-corrected chi connectivity index (χ1v) is 10.3. The third-order valence-corrected chi connectivity index (χ3v) is 5.42. The summed E-state index contributed by atoms with van der Waals surface area (Å²) in [4.78, 5) is 17.1. The largest absolute Gasteiger partial charge is 0.497 e. The molecule has 2 heterocycles. The van der Waals surface area contributed by atoms with E-state index in [0.29, 0.717) is 23.1 Å². The van der Waals surface area contributed by atoms with Gasteiger partial charge in [0.1, 0.15) is 18.1 Å². The first kappa shape index (κ1) is 19.4. The fourth-order valence-corrected chi connectivity index (χ4v) is 3.80. The highest BCUT2D eigenvalue weighted by Crippen LogP contribution is 2.27. The van der Waals surface area contributed by atoms with Crippen LogP contribution in [-0.2, 0) is 4.74 Å². The van der Waals surface area contributed by atoms with Crippen LogP contribution in [0.15, 0.2) is 53.9 Å². The van der Waals surface area contributed by atoms with E-state index in [-0.39, 0.29) is 12.0 Å². The summed E-state index contributed by atoms with van der Waals surface area (Å²) in [5.41, 5.74) is 2.30. The molecule has 1 fully saturated rings. The van der Waals surface area contributed by atoms with Crippen LogP contribution >= 0.6 is 11.3 Å². The minimum absolute atomic E-state index is 0.138. The van der Waals surface area contributed by atoms with Crippen molar-refractivity contribution in [3.8, 4) is 22.8 Å². The van der Waals surface area contributed by atoms with E-state index in [0.717, 1.165) is 36.5 Å². The molecule has 29 heavy (non-hydrogen) atoms. The number of anilines is 1. The molecular weight excluding hydrogens is 388 g/mol. The van der Waals surface area contributed by atoms with E-state index < -0.39 is 0 Å². The van der Waals surface area contributed by atoms with Gasteiger partial charge in [-0.2, -0.15) is 0 Å². The number of carbonyl (C=O) groups excluding carboxylic acids is 1. The van der Waals surface area contributed by atoms with Gasteiger partial charge in [-0.25, -0.2) is 4.98 Å². The first-order chi connectivity index (χ1) is 14.2. The monoisotopic (exact) mass is 410 g/mol. The number of thiazole rings is 1. The summed E-state index contributed by atoms with van der Waals surface area (Å²) in [5, 5.41) is 5.32. The number of nitrogens with one attached hydrogen (secondary N) is 1. The summed E-state index contributed by atoms with van der Waals surface area (Å²) >= 11 is 1.39. The fraction of sp³-hybridized carbons (Fsp3) is 0.273. The van der Waals surface area contributed by atoms with Crippen molar-refractivity contribution in [2.75, 3.05) is 25.6 Å². The molecule has 1 aromatic heterocycles. The number of methoxy groups -OCH3 is 1. The van der Waals surface area contributed by atoms with Crippen LogP contribution < -0.4 is 14.8 Å². The number of aromatic nitrogens is 1. The maximum Gasteiger partial charge on any atom is 0.257 e. The number of carbonyl (C=O) groups is 1. The SMILES string of the molecule is COc1ccc(-c2csc(NC(=O)c3cccc(OCC4CCCO4)c3)n2)cc1. The predicted octanol–water partition coefficient (Wildman–Crippen LogP) is 4.63. The molecule has 4 rings (SSSR count). The number of ether oxygens (including phenoxy) is 3. The Bertz CT molecular complexity index is 965. The van der Waals surface area contributed by atoms with Gasteiger partial charge in [0.05, 0.1) is 18.9 Å². The minimum Gasteiger partial charge on any atom is -0.497 e. The molecule has 1 aliphatic heterocycles. The van der Waals surface area contributed by atoms with E-state index >= 15 is 0 Å². The zero-order valence-corrected chi connectivity index (χ0v) is 16.9. The molecule has 0 radical (unpaired) electrons. The molecule has 1 N–H and O–H groups in total. The van der Waals surface area contributed by atoms with Crippen molar-refractivity contribution < 1.29 is 19.0 Å². The highest BCUT2D eigenvalue weighted by molar-refractivity contribution is 7.14. The average Bonchev–Trinajstić information content (AvgIpc) is 3.45. The van der Waals surface area contributed by atoms with Crippen LogP contribution in [0.2, 0.25) is 0 Å². The molecule has 1 atom stereocenters. The Morgan fingerprint density at radius 3 is 2.86 bits per heavy atom. The molecule has 0 spiro atoms. The number of hydrogen-bond acceptors (Lipinski definition) is 6. The molecule has 6 nitrogen and oxygen atoms in total. The number of benzene rings is 2. The van der Waals surface area contributed by atoms with Crippen LogP contribution in [0.1, 0.15) is 23.2 Å². The van der Waals surface area contributed by atoms with Crippen molar-refractivity contribution in [2.24, 2.45) is 0 Å². The Kier molecular flexibility index (Phi) is 6.07. The van der Waals surface area contributed by atoms with Gasteiger partial charge in [-0.05, 0) is 55.3 Å². The maximum atomic E-state index is 12.6. The van der Waals surface area contributed by atoms with Crippen molar-refractivity contribution in [2.45, 2.75) is 18.9 Å². The van der Waals surface area contributed by atoms with E-state index in [1.54, 1.807) is 19.2 Å². The van der Waals surface area contributed by atoms with Gasteiger partial charge in [0.2, 0.25) is 0 Å². The lowest BCUT2D eigenvalue weighted by Crippen LogP contribution is -2.16. The van der Waals surface area contributed by atoms with Gasteiger partial charge in [0.25, 0.3) is 5.91 Å². The predicted molar refractivity (Wildman–Crippen MR) is 113 cm³/mol. The summed E-state index contributed by atoms with van der Waals surface area (Å²) in [6.07, 6.45) is 2.22. The molecule has 0 aliphatic carbocycles. The Labute approximate surface area is 173 Å². The quantitative estimate of drug-likeness (QED) is 0.615. The van der Waals surface area contributed by atoms with Crippen LogP contribution in [0.4, 0.5) is 5.13 Å². The Morgan fingerprint density at radius 2 is 2.10 bits per heavy atom. The second-order valence-electron chi connectivity index (χ2n) is 6.69. The van der Waals surface area contributed by atoms with Crippen LogP contribution in [0.5, 0.6) is 11.5 Å². The maximum absolute atomic E-state index is 12.6. The lowest BCUT2D eigenvalue weighted by atomic mass is 10.2. The third kappa shape index (κ3) is 4.93. The average molecular weight is 410 g/mol. The number of nitrogens with zero attached hydrogens (tertiary/aromatic N) is 1. The molecule has 2 aromatic carbocycles. The normalized spacial score (nSPS) is 15.8. The summed E-state index contributed by atoms with van der Waals surface area (Å²) in [7, 11) is 1.63. The highest BCUT2D eigenvalue weighted by atomic mass is 32.1. The van der Waals surface area contributed by atoms with E-state index in [4.69, 9.17) is 14.2 Å². The number of amides is 1. The zero-order chi connectivity index (χ0) is 20.1. The van der Waals surface area contributed by atoms with Crippen molar-refractivity contribution in [1.29, 1.82) is 0 Å². The standard InChI is InChI=1S/C22H22N2O4S/c1-26-17-9-7-15(8-10-17)20-14-29-22(23-20)24-21(25)16-4-2-5-18(12-16)28-13-19-6-3-11-27-19/h2,4-5,7-10,12,14,19H,3,6,11,13H2,1H3,(H,23,24,25). The lowest BCUT2D eigenvalue weighted by molar-refractivity contribution is 0.0679. The van der Waals surface area contributed by atoms with Crippen molar-refractivity contribution >= 4 is 22.4 Å². The summed E-state index contributed by atoms with van der Waals surface area (Å²) < 4.78 is 16.5. The Hall–Kier alpha value is -2.90. The van der Waals surface area contributed by atoms with Gasteiger partial charge in [-0.3, -0.25) is 10.1 Å². The van der Waals surface area contributed by atoms with Gasteiger partial charge in [0, 0.05) is 23.1 Å². The third-order valence-electron chi connectivity index (χ3n) is 4.67. The van der Waals surface area contributed by atoms with Crippen molar-refractivity contribution in [3.63, 3.8) is 0 Å². The van der Waals surface area contributed by atoms with Gasteiger partial charge in [-0.15, -0.1) is 11.3 Å². The van der Waals surface area contributed by atoms with Gasteiger partial charge in [-0.1, -0.05) is 6.07 Å². The Balaban J connectivity index is 1.38. The molecule has 150 valence electrons.